The lowest BCUT2D eigenvalue weighted by molar-refractivity contribution is -0.117. The van der Waals surface area contributed by atoms with Crippen molar-refractivity contribution < 1.29 is 4.79 Å². The molecule has 0 saturated heterocycles. The number of carbonyl (C=O) groups is 1. The molecule has 1 aliphatic rings. The number of amides is 1. The van der Waals surface area contributed by atoms with Gasteiger partial charge >= 0.3 is 0 Å². The zero-order valence-corrected chi connectivity index (χ0v) is 7.45. The van der Waals surface area contributed by atoms with Crippen LogP contribution < -0.4 is 5.32 Å². The van der Waals surface area contributed by atoms with Crippen LogP contribution in [0.1, 0.15) is 19.3 Å². The van der Waals surface area contributed by atoms with Gasteiger partial charge in [-0.1, -0.05) is 17.5 Å². The molecule has 0 aromatic carbocycles. The van der Waals surface area contributed by atoms with E-state index in [1.54, 1.807) is 0 Å². The fourth-order valence-electron chi connectivity index (χ4n) is 1.18. The number of allylic oxidation sites excluding steroid dienone is 1. The molecule has 0 aromatic rings. The van der Waals surface area contributed by atoms with Crippen molar-refractivity contribution in [3.05, 3.63) is 10.6 Å². The number of nitrogens with one attached hydrogen (secondary N) is 1. The maximum atomic E-state index is 11.3. The van der Waals surface area contributed by atoms with Crippen molar-refractivity contribution in [3.63, 3.8) is 0 Å². The Kier molecular flexibility index (Phi) is 3.19. The molecule has 0 aliphatic heterocycles. The van der Waals surface area contributed by atoms with Crippen LogP contribution in [0.3, 0.4) is 0 Å². The minimum absolute atomic E-state index is 0.115. The van der Waals surface area contributed by atoms with Crippen molar-refractivity contribution in [1.82, 2.24) is 5.32 Å². The fourth-order valence-corrected chi connectivity index (χ4v) is 1.50. The van der Waals surface area contributed by atoms with Crippen molar-refractivity contribution in [1.29, 1.82) is 0 Å². The highest BCUT2D eigenvalue weighted by Crippen LogP contribution is 2.28. The van der Waals surface area contributed by atoms with Gasteiger partial charge in [-0.3, -0.25) is 4.79 Å². The molecule has 0 bridgehead atoms. The van der Waals surface area contributed by atoms with Crippen molar-refractivity contribution in [2.24, 2.45) is 0 Å². The Bertz CT molecular complexity index is 262. The average Bonchev–Trinajstić information content (AvgIpc) is 2.47. The van der Waals surface area contributed by atoms with Crippen LogP contribution in [0.2, 0.25) is 0 Å². The molecule has 0 fully saturated rings. The second-order valence-electron chi connectivity index (χ2n) is 2.62. The van der Waals surface area contributed by atoms with E-state index >= 15 is 0 Å². The van der Waals surface area contributed by atoms with Gasteiger partial charge in [-0.25, -0.2) is 0 Å². The van der Waals surface area contributed by atoms with E-state index in [0.29, 0.717) is 10.6 Å². The monoisotopic (exact) mass is 183 g/mol. The van der Waals surface area contributed by atoms with Gasteiger partial charge in [-0.15, -0.1) is 6.42 Å². The van der Waals surface area contributed by atoms with E-state index in [9.17, 15) is 4.79 Å². The molecular formula is C9H10ClNO. The Morgan fingerprint density at radius 2 is 2.42 bits per heavy atom. The van der Waals surface area contributed by atoms with Gasteiger partial charge < -0.3 is 5.32 Å². The third-order valence-corrected chi connectivity index (χ3v) is 2.19. The summed E-state index contributed by atoms with van der Waals surface area (Å²) in [6.07, 6.45) is 7.56. The molecule has 3 heteroatoms. The van der Waals surface area contributed by atoms with Crippen LogP contribution in [0, 0.1) is 12.3 Å². The Labute approximate surface area is 77.0 Å². The SMILES string of the molecule is C#CCNC(=O)C1=C(Cl)CCC1. The highest BCUT2D eigenvalue weighted by Gasteiger charge is 2.18. The lowest BCUT2D eigenvalue weighted by Crippen LogP contribution is -2.24. The quantitative estimate of drug-likeness (QED) is 0.645. The predicted molar refractivity (Wildman–Crippen MR) is 48.6 cm³/mol. The molecule has 0 unspecified atom stereocenters. The van der Waals surface area contributed by atoms with Crippen LogP contribution in [0.25, 0.3) is 0 Å². The lowest BCUT2D eigenvalue weighted by atomic mass is 10.2. The Morgan fingerprint density at radius 1 is 1.67 bits per heavy atom. The summed E-state index contributed by atoms with van der Waals surface area (Å²) in [6, 6.07) is 0. The van der Waals surface area contributed by atoms with Crippen LogP contribution in [0.15, 0.2) is 10.6 Å². The van der Waals surface area contributed by atoms with Crippen molar-refractivity contribution in [3.8, 4) is 12.3 Å². The number of carbonyl (C=O) groups excluding carboxylic acids is 1. The molecular weight excluding hydrogens is 174 g/mol. The molecule has 1 amide bonds. The number of hydrogen-bond donors (Lipinski definition) is 1. The largest absolute Gasteiger partial charge is 0.341 e. The molecule has 0 heterocycles. The van der Waals surface area contributed by atoms with Crippen molar-refractivity contribution >= 4 is 17.5 Å². The molecule has 0 radical (unpaired) electrons. The van der Waals surface area contributed by atoms with Gasteiger partial charge in [-0.05, 0) is 19.3 Å². The standard InChI is InChI=1S/C9H10ClNO/c1-2-6-11-9(12)7-4-3-5-8(7)10/h1H,3-6H2,(H,11,12). The second-order valence-corrected chi connectivity index (χ2v) is 3.08. The zero-order chi connectivity index (χ0) is 8.97. The summed E-state index contributed by atoms with van der Waals surface area (Å²) in [5.41, 5.74) is 0.701. The van der Waals surface area contributed by atoms with Gasteiger partial charge in [0.05, 0.1) is 6.54 Å². The molecule has 1 rings (SSSR count). The topological polar surface area (TPSA) is 29.1 Å². The number of hydrogen-bond acceptors (Lipinski definition) is 1. The van der Waals surface area contributed by atoms with E-state index in [0.717, 1.165) is 19.3 Å². The van der Waals surface area contributed by atoms with Crippen LogP contribution in [-0.4, -0.2) is 12.5 Å². The first-order valence-electron chi connectivity index (χ1n) is 3.85. The molecule has 1 aliphatic carbocycles. The zero-order valence-electron chi connectivity index (χ0n) is 6.69. The second kappa shape index (κ2) is 4.18. The average molecular weight is 184 g/mol. The minimum Gasteiger partial charge on any atom is -0.341 e. The molecule has 0 saturated carbocycles. The molecule has 0 aromatic heterocycles. The summed E-state index contributed by atoms with van der Waals surface area (Å²) < 4.78 is 0. The Hall–Kier alpha value is -0.940. The maximum Gasteiger partial charge on any atom is 0.249 e. The molecule has 0 spiro atoms. The summed E-state index contributed by atoms with van der Waals surface area (Å²) in [7, 11) is 0. The first kappa shape index (κ1) is 9.15. The van der Waals surface area contributed by atoms with E-state index in [4.69, 9.17) is 18.0 Å². The lowest BCUT2D eigenvalue weighted by Gasteiger charge is -2.01. The summed E-state index contributed by atoms with van der Waals surface area (Å²) in [4.78, 5) is 11.3. The minimum atomic E-state index is -0.115. The van der Waals surface area contributed by atoms with E-state index in [2.05, 4.69) is 11.2 Å². The van der Waals surface area contributed by atoms with Gasteiger partial charge in [0.1, 0.15) is 0 Å². The Morgan fingerprint density at radius 3 is 2.92 bits per heavy atom. The first-order valence-corrected chi connectivity index (χ1v) is 4.22. The van der Waals surface area contributed by atoms with Crippen LogP contribution in [-0.2, 0) is 4.79 Å². The van der Waals surface area contributed by atoms with Gasteiger partial charge in [0.25, 0.3) is 0 Å². The molecule has 12 heavy (non-hydrogen) atoms. The third kappa shape index (κ3) is 2.02. The summed E-state index contributed by atoms with van der Waals surface area (Å²) >= 11 is 5.82. The summed E-state index contributed by atoms with van der Waals surface area (Å²) in [5, 5.41) is 3.27. The molecule has 0 atom stereocenters. The van der Waals surface area contributed by atoms with Crippen LogP contribution in [0.5, 0.6) is 0 Å². The van der Waals surface area contributed by atoms with Crippen LogP contribution in [0.4, 0.5) is 0 Å². The number of halogens is 1. The van der Waals surface area contributed by atoms with Crippen molar-refractivity contribution in [2.75, 3.05) is 6.54 Å². The van der Waals surface area contributed by atoms with Crippen molar-refractivity contribution in [2.45, 2.75) is 19.3 Å². The Balaban J connectivity index is 2.53. The van der Waals surface area contributed by atoms with E-state index in [1.807, 2.05) is 0 Å². The van der Waals surface area contributed by atoms with Gasteiger partial charge in [0, 0.05) is 10.6 Å². The fraction of sp³-hybridized carbons (Fsp3) is 0.444. The van der Waals surface area contributed by atoms with E-state index in [-0.39, 0.29) is 12.5 Å². The third-order valence-electron chi connectivity index (χ3n) is 1.78. The highest BCUT2D eigenvalue weighted by atomic mass is 35.5. The maximum absolute atomic E-state index is 11.3. The summed E-state index contributed by atoms with van der Waals surface area (Å²) in [6.45, 7) is 0.270. The molecule has 64 valence electrons. The normalized spacial score (nSPS) is 16.0. The van der Waals surface area contributed by atoms with Gasteiger partial charge in [0.2, 0.25) is 5.91 Å². The number of terminal acetylenes is 1. The summed E-state index contributed by atoms with van der Waals surface area (Å²) in [5.74, 6) is 2.22. The molecule has 1 N–H and O–H groups in total. The van der Waals surface area contributed by atoms with E-state index in [1.165, 1.54) is 0 Å². The van der Waals surface area contributed by atoms with Gasteiger partial charge in [0.15, 0.2) is 0 Å². The predicted octanol–water partition coefficient (Wildman–Crippen LogP) is 1.41. The van der Waals surface area contributed by atoms with Crippen LogP contribution >= 0.6 is 11.6 Å². The van der Waals surface area contributed by atoms with E-state index < -0.39 is 0 Å². The number of rotatable bonds is 2. The first-order chi connectivity index (χ1) is 5.75. The smallest absolute Gasteiger partial charge is 0.249 e. The molecule has 2 nitrogen and oxygen atoms in total. The van der Waals surface area contributed by atoms with Gasteiger partial charge in [-0.2, -0.15) is 0 Å². The highest BCUT2D eigenvalue weighted by molar-refractivity contribution is 6.32.